The zero-order valence-electron chi connectivity index (χ0n) is 11.7. The van der Waals surface area contributed by atoms with Crippen LogP contribution in [0.1, 0.15) is 23.2 Å². The Morgan fingerprint density at radius 1 is 1.14 bits per heavy atom. The van der Waals surface area contributed by atoms with E-state index in [1.54, 1.807) is 18.2 Å². The number of fused-ring (bicyclic) bond motifs is 1. The van der Waals surface area contributed by atoms with Crippen LogP contribution in [0.3, 0.4) is 0 Å². The first-order chi connectivity index (χ1) is 10.1. The Morgan fingerprint density at radius 2 is 1.90 bits per heavy atom. The number of hydrogen-bond acceptors (Lipinski definition) is 4. The van der Waals surface area contributed by atoms with E-state index >= 15 is 0 Å². The number of ether oxygens (including phenoxy) is 2. The van der Waals surface area contributed by atoms with Gasteiger partial charge >= 0.3 is 11.9 Å². The van der Waals surface area contributed by atoms with E-state index in [1.807, 2.05) is 18.2 Å². The first kappa shape index (κ1) is 14.8. The number of carboxylic acid groups (broad SMARTS) is 1. The van der Waals surface area contributed by atoms with Gasteiger partial charge in [0.1, 0.15) is 11.3 Å². The van der Waals surface area contributed by atoms with Crippen molar-refractivity contribution < 1.29 is 24.2 Å². The Morgan fingerprint density at radius 3 is 2.62 bits per heavy atom. The van der Waals surface area contributed by atoms with Crippen LogP contribution in [0.5, 0.6) is 5.75 Å². The molecule has 110 valence electrons. The van der Waals surface area contributed by atoms with Gasteiger partial charge in [-0.05, 0) is 23.3 Å². The summed E-state index contributed by atoms with van der Waals surface area (Å²) in [4.78, 5) is 22.5. The minimum atomic E-state index is -1.03. The van der Waals surface area contributed by atoms with Gasteiger partial charge in [0.15, 0.2) is 0 Å². The SMILES string of the molecule is COC(=O)CCCOc1ccc2ccccc2c1C(=O)O. The molecule has 0 aliphatic heterocycles. The zero-order valence-corrected chi connectivity index (χ0v) is 11.7. The van der Waals surface area contributed by atoms with Gasteiger partial charge in [-0.1, -0.05) is 30.3 Å². The lowest BCUT2D eigenvalue weighted by Gasteiger charge is -2.11. The first-order valence-corrected chi connectivity index (χ1v) is 6.58. The van der Waals surface area contributed by atoms with E-state index in [1.165, 1.54) is 7.11 Å². The highest BCUT2D eigenvalue weighted by molar-refractivity contribution is 6.06. The number of carboxylic acids is 1. The van der Waals surface area contributed by atoms with Crippen LogP contribution in [0.4, 0.5) is 0 Å². The Bertz CT molecular complexity index is 663. The molecule has 0 radical (unpaired) electrons. The van der Waals surface area contributed by atoms with Crippen molar-refractivity contribution in [2.75, 3.05) is 13.7 Å². The van der Waals surface area contributed by atoms with Crippen LogP contribution in [0.15, 0.2) is 36.4 Å². The number of carbonyl (C=O) groups excluding carboxylic acids is 1. The van der Waals surface area contributed by atoms with Crippen LogP contribution >= 0.6 is 0 Å². The molecule has 2 aromatic rings. The van der Waals surface area contributed by atoms with Crippen molar-refractivity contribution in [2.45, 2.75) is 12.8 Å². The summed E-state index contributed by atoms with van der Waals surface area (Å²) in [7, 11) is 1.33. The van der Waals surface area contributed by atoms with Crippen molar-refractivity contribution in [3.8, 4) is 5.75 Å². The molecule has 0 fully saturated rings. The predicted octanol–water partition coefficient (Wildman–Crippen LogP) is 2.87. The van der Waals surface area contributed by atoms with Crippen LogP contribution in [0, 0.1) is 0 Å². The molecule has 0 aliphatic rings. The van der Waals surface area contributed by atoms with Crippen molar-refractivity contribution in [2.24, 2.45) is 0 Å². The third-order valence-corrected chi connectivity index (χ3v) is 3.12. The number of benzene rings is 2. The van der Waals surface area contributed by atoms with Crippen molar-refractivity contribution in [3.05, 3.63) is 42.0 Å². The Balaban J connectivity index is 2.17. The fourth-order valence-electron chi connectivity index (χ4n) is 2.09. The Hall–Kier alpha value is -2.56. The maximum atomic E-state index is 11.5. The van der Waals surface area contributed by atoms with Crippen molar-refractivity contribution in [1.82, 2.24) is 0 Å². The van der Waals surface area contributed by atoms with E-state index < -0.39 is 5.97 Å². The van der Waals surface area contributed by atoms with E-state index in [4.69, 9.17) is 4.74 Å². The summed E-state index contributed by atoms with van der Waals surface area (Å²) in [5, 5.41) is 10.9. The minimum Gasteiger partial charge on any atom is -0.493 e. The molecule has 5 nitrogen and oxygen atoms in total. The molecule has 0 atom stereocenters. The van der Waals surface area contributed by atoms with Crippen molar-refractivity contribution in [3.63, 3.8) is 0 Å². The summed E-state index contributed by atoms with van der Waals surface area (Å²) >= 11 is 0. The average molecular weight is 288 g/mol. The van der Waals surface area contributed by atoms with Crippen LogP contribution in [0.2, 0.25) is 0 Å². The maximum absolute atomic E-state index is 11.5. The predicted molar refractivity (Wildman–Crippen MR) is 77.7 cm³/mol. The van der Waals surface area contributed by atoms with E-state index in [2.05, 4.69) is 4.74 Å². The number of esters is 1. The van der Waals surface area contributed by atoms with E-state index in [-0.39, 0.29) is 24.6 Å². The number of methoxy groups -OCH3 is 1. The van der Waals surface area contributed by atoms with Gasteiger partial charge in [-0.2, -0.15) is 0 Å². The fourth-order valence-corrected chi connectivity index (χ4v) is 2.09. The lowest BCUT2D eigenvalue weighted by atomic mass is 10.0. The molecule has 1 N–H and O–H groups in total. The quantitative estimate of drug-likeness (QED) is 0.653. The molecule has 0 unspecified atom stereocenters. The number of carbonyl (C=O) groups is 2. The molecule has 5 heteroatoms. The van der Waals surface area contributed by atoms with Gasteiger partial charge in [0.05, 0.1) is 13.7 Å². The highest BCUT2D eigenvalue weighted by Crippen LogP contribution is 2.28. The van der Waals surface area contributed by atoms with Crippen LogP contribution in [0.25, 0.3) is 10.8 Å². The summed E-state index contributed by atoms with van der Waals surface area (Å²) in [6, 6.07) is 10.7. The molecular formula is C16H16O5. The van der Waals surface area contributed by atoms with Gasteiger partial charge < -0.3 is 14.6 Å². The summed E-state index contributed by atoms with van der Waals surface area (Å²) in [5.41, 5.74) is 0.145. The van der Waals surface area contributed by atoms with E-state index in [9.17, 15) is 14.7 Å². The van der Waals surface area contributed by atoms with Crippen molar-refractivity contribution >= 4 is 22.7 Å². The summed E-state index contributed by atoms with van der Waals surface area (Å²) in [6.45, 7) is 0.258. The Labute approximate surface area is 122 Å². The maximum Gasteiger partial charge on any atom is 0.340 e. The molecule has 21 heavy (non-hydrogen) atoms. The monoisotopic (exact) mass is 288 g/mol. The van der Waals surface area contributed by atoms with Crippen LogP contribution in [-0.2, 0) is 9.53 Å². The van der Waals surface area contributed by atoms with Gasteiger partial charge in [-0.25, -0.2) is 4.79 Å². The van der Waals surface area contributed by atoms with Gasteiger partial charge in [0.25, 0.3) is 0 Å². The second-order valence-corrected chi connectivity index (χ2v) is 4.49. The third kappa shape index (κ3) is 3.51. The average Bonchev–Trinajstić information content (AvgIpc) is 2.50. The normalized spacial score (nSPS) is 10.3. The summed E-state index contributed by atoms with van der Waals surface area (Å²) in [5.74, 6) is -1.03. The van der Waals surface area contributed by atoms with Gasteiger partial charge in [-0.15, -0.1) is 0 Å². The molecule has 0 saturated heterocycles. The fraction of sp³-hybridized carbons (Fsp3) is 0.250. The summed E-state index contributed by atoms with van der Waals surface area (Å²) < 4.78 is 10.0. The number of hydrogen-bond donors (Lipinski definition) is 1. The molecule has 0 spiro atoms. The Kier molecular flexibility index (Phi) is 4.77. The second kappa shape index (κ2) is 6.74. The topological polar surface area (TPSA) is 72.8 Å². The van der Waals surface area contributed by atoms with Crippen LogP contribution in [-0.4, -0.2) is 30.8 Å². The molecule has 0 bridgehead atoms. The molecule has 0 aromatic heterocycles. The van der Waals surface area contributed by atoms with Crippen LogP contribution < -0.4 is 4.74 Å². The third-order valence-electron chi connectivity index (χ3n) is 3.12. The molecule has 2 rings (SSSR count). The standard InChI is InChI=1S/C16H16O5/c1-20-14(17)7-4-10-21-13-9-8-11-5-2-3-6-12(11)15(13)16(18)19/h2-3,5-6,8-9H,4,7,10H2,1H3,(H,18,19). The van der Waals surface area contributed by atoms with Gasteiger partial charge in [-0.3, -0.25) is 4.79 Å². The van der Waals surface area contributed by atoms with Gasteiger partial charge in [0, 0.05) is 6.42 Å². The smallest absolute Gasteiger partial charge is 0.340 e. The molecule has 2 aromatic carbocycles. The molecule has 0 aliphatic carbocycles. The minimum absolute atomic E-state index is 0.145. The summed E-state index contributed by atoms with van der Waals surface area (Å²) in [6.07, 6.45) is 0.713. The number of rotatable bonds is 6. The lowest BCUT2D eigenvalue weighted by molar-refractivity contribution is -0.140. The second-order valence-electron chi connectivity index (χ2n) is 4.49. The molecule has 0 saturated carbocycles. The largest absolute Gasteiger partial charge is 0.493 e. The molecule has 0 amide bonds. The lowest BCUT2D eigenvalue weighted by Crippen LogP contribution is -2.07. The van der Waals surface area contributed by atoms with E-state index in [0.717, 1.165) is 5.39 Å². The first-order valence-electron chi connectivity index (χ1n) is 6.58. The number of aromatic carboxylic acids is 1. The molecule has 0 heterocycles. The van der Waals surface area contributed by atoms with Gasteiger partial charge in [0.2, 0.25) is 0 Å². The molecular weight excluding hydrogens is 272 g/mol. The van der Waals surface area contributed by atoms with Crippen molar-refractivity contribution in [1.29, 1.82) is 0 Å². The highest BCUT2D eigenvalue weighted by atomic mass is 16.5. The zero-order chi connectivity index (χ0) is 15.2. The van der Waals surface area contributed by atoms with E-state index in [0.29, 0.717) is 17.6 Å². The highest BCUT2D eigenvalue weighted by Gasteiger charge is 2.15.